The predicted molar refractivity (Wildman–Crippen MR) is 141 cm³/mol. The number of carbonyl (C=O) groups excluding carboxylic acids is 2. The molecule has 2 atom stereocenters. The van der Waals surface area contributed by atoms with Gasteiger partial charge in [-0.25, -0.2) is 5.43 Å². The monoisotopic (exact) mass is 541 g/mol. The van der Waals surface area contributed by atoms with Crippen LogP contribution >= 0.6 is 34.8 Å². The molecule has 0 aliphatic heterocycles. The van der Waals surface area contributed by atoms with Gasteiger partial charge in [-0.2, -0.15) is 5.10 Å². The Morgan fingerprint density at radius 3 is 2.29 bits per heavy atom. The Morgan fingerprint density at radius 2 is 1.66 bits per heavy atom. The SMILES string of the molecule is CCCOc1ccc(Cl)cc1/C=N\NC(=O)[C@H](CC(C)C)NC(=O)[C@@H](C)Oc1ccc(Cl)cc1Cl. The van der Waals surface area contributed by atoms with E-state index in [2.05, 4.69) is 15.8 Å². The molecule has 0 aliphatic carbocycles. The lowest BCUT2D eigenvalue weighted by Crippen LogP contribution is -2.49. The number of halogens is 3. The van der Waals surface area contributed by atoms with Crippen molar-refractivity contribution >= 4 is 52.8 Å². The first kappa shape index (κ1) is 28.8. The number of hydrazone groups is 1. The normalized spacial score (nSPS) is 12.9. The van der Waals surface area contributed by atoms with Gasteiger partial charge in [0.1, 0.15) is 17.5 Å². The van der Waals surface area contributed by atoms with Crippen LogP contribution in [0.2, 0.25) is 15.1 Å². The Bertz CT molecular complexity index is 1050. The van der Waals surface area contributed by atoms with E-state index in [0.717, 1.165) is 6.42 Å². The highest BCUT2D eigenvalue weighted by atomic mass is 35.5. The average molecular weight is 543 g/mol. The second kappa shape index (κ2) is 14.2. The molecule has 35 heavy (non-hydrogen) atoms. The molecule has 7 nitrogen and oxygen atoms in total. The molecule has 0 heterocycles. The summed E-state index contributed by atoms with van der Waals surface area (Å²) in [6.07, 6.45) is 1.81. The molecule has 2 aromatic rings. The Hall–Kier alpha value is -2.48. The first-order valence-corrected chi connectivity index (χ1v) is 12.4. The van der Waals surface area contributed by atoms with Crippen LogP contribution in [-0.2, 0) is 9.59 Å². The van der Waals surface area contributed by atoms with Gasteiger partial charge in [0, 0.05) is 15.6 Å². The summed E-state index contributed by atoms with van der Waals surface area (Å²) >= 11 is 18.1. The molecule has 0 aliphatic rings. The fraction of sp³-hybridized carbons (Fsp3) is 0.400. The number of nitrogens with one attached hydrogen (secondary N) is 2. The molecule has 2 rings (SSSR count). The molecular weight excluding hydrogens is 513 g/mol. The standard InChI is InChI=1S/C25H30Cl3N3O4/c1-5-10-34-22-8-6-18(26)12-17(22)14-29-31-25(33)21(11-15(2)3)30-24(32)16(4)35-23-9-7-19(27)13-20(23)28/h6-9,12-16,21H,5,10-11H2,1-4H3,(H,30,32)(H,31,33)/b29-14-/t16-,21+/m1/s1. The minimum Gasteiger partial charge on any atom is -0.493 e. The van der Waals surface area contributed by atoms with Gasteiger partial charge in [0.2, 0.25) is 0 Å². The van der Waals surface area contributed by atoms with Crippen molar-refractivity contribution in [2.45, 2.75) is 52.7 Å². The van der Waals surface area contributed by atoms with Crippen molar-refractivity contribution in [3.05, 3.63) is 57.0 Å². The zero-order valence-corrected chi connectivity index (χ0v) is 22.4. The highest BCUT2D eigenvalue weighted by molar-refractivity contribution is 6.35. The number of hydrogen-bond donors (Lipinski definition) is 2. The highest BCUT2D eigenvalue weighted by Gasteiger charge is 2.25. The molecule has 0 aromatic heterocycles. The minimum absolute atomic E-state index is 0.138. The molecular formula is C25H30Cl3N3O4. The van der Waals surface area contributed by atoms with E-state index in [9.17, 15) is 9.59 Å². The summed E-state index contributed by atoms with van der Waals surface area (Å²) in [6, 6.07) is 9.05. The lowest BCUT2D eigenvalue weighted by molar-refractivity contribution is -0.132. The fourth-order valence-corrected chi connectivity index (χ4v) is 3.65. The fourth-order valence-electron chi connectivity index (χ4n) is 3.01. The maximum absolute atomic E-state index is 12.8. The Labute approximate surface area is 221 Å². The van der Waals surface area contributed by atoms with Gasteiger partial charge in [-0.05, 0) is 62.1 Å². The van der Waals surface area contributed by atoms with Crippen molar-refractivity contribution in [3.8, 4) is 11.5 Å². The van der Waals surface area contributed by atoms with Crippen LogP contribution < -0.4 is 20.2 Å². The van der Waals surface area contributed by atoms with Crippen molar-refractivity contribution < 1.29 is 19.1 Å². The number of benzene rings is 2. The molecule has 2 aromatic carbocycles. The molecule has 0 bridgehead atoms. The van der Waals surface area contributed by atoms with Gasteiger partial charge in [-0.1, -0.05) is 55.6 Å². The van der Waals surface area contributed by atoms with Crippen molar-refractivity contribution in [2.24, 2.45) is 11.0 Å². The van der Waals surface area contributed by atoms with E-state index < -0.39 is 24.0 Å². The Balaban J connectivity index is 2.05. The maximum Gasteiger partial charge on any atom is 0.262 e. The van der Waals surface area contributed by atoms with E-state index in [0.29, 0.717) is 40.1 Å². The maximum atomic E-state index is 12.8. The molecule has 0 fully saturated rings. The van der Waals surface area contributed by atoms with E-state index >= 15 is 0 Å². The minimum atomic E-state index is -0.899. The van der Waals surface area contributed by atoms with E-state index in [-0.39, 0.29) is 10.9 Å². The molecule has 0 radical (unpaired) electrons. The molecule has 2 amide bonds. The molecule has 2 N–H and O–H groups in total. The summed E-state index contributed by atoms with van der Waals surface area (Å²) in [7, 11) is 0. The van der Waals surface area contributed by atoms with Crippen LogP contribution in [0.3, 0.4) is 0 Å². The summed E-state index contributed by atoms with van der Waals surface area (Å²) in [5, 5.41) is 8.03. The third-order valence-electron chi connectivity index (χ3n) is 4.72. The van der Waals surface area contributed by atoms with Crippen molar-refractivity contribution in [1.29, 1.82) is 0 Å². The first-order chi connectivity index (χ1) is 16.6. The van der Waals surface area contributed by atoms with Crippen LogP contribution in [-0.4, -0.2) is 36.8 Å². The van der Waals surface area contributed by atoms with Gasteiger partial charge in [0.05, 0.1) is 17.8 Å². The third kappa shape index (κ3) is 9.59. The smallest absolute Gasteiger partial charge is 0.262 e. The van der Waals surface area contributed by atoms with Crippen LogP contribution in [0.25, 0.3) is 0 Å². The first-order valence-electron chi connectivity index (χ1n) is 11.3. The predicted octanol–water partition coefficient (Wildman–Crippen LogP) is 5.88. The van der Waals surface area contributed by atoms with Gasteiger partial charge >= 0.3 is 0 Å². The number of rotatable bonds is 12. The van der Waals surface area contributed by atoms with Gasteiger partial charge in [-0.15, -0.1) is 0 Å². The third-order valence-corrected chi connectivity index (χ3v) is 5.48. The lowest BCUT2D eigenvalue weighted by atomic mass is 10.0. The number of hydrogen-bond acceptors (Lipinski definition) is 5. The van der Waals surface area contributed by atoms with Crippen LogP contribution in [0.5, 0.6) is 11.5 Å². The average Bonchev–Trinajstić information content (AvgIpc) is 2.79. The number of carbonyl (C=O) groups is 2. The zero-order chi connectivity index (χ0) is 26.0. The summed E-state index contributed by atoms with van der Waals surface area (Å²) < 4.78 is 11.3. The zero-order valence-electron chi connectivity index (χ0n) is 20.1. The second-order valence-corrected chi connectivity index (χ2v) is 9.57. The van der Waals surface area contributed by atoms with Crippen molar-refractivity contribution in [2.75, 3.05) is 6.61 Å². The highest BCUT2D eigenvalue weighted by Crippen LogP contribution is 2.28. The van der Waals surface area contributed by atoms with Crippen LogP contribution in [0.15, 0.2) is 41.5 Å². The van der Waals surface area contributed by atoms with Gasteiger partial charge < -0.3 is 14.8 Å². The van der Waals surface area contributed by atoms with Crippen molar-refractivity contribution in [1.82, 2.24) is 10.7 Å². The topological polar surface area (TPSA) is 89.0 Å². The van der Waals surface area contributed by atoms with E-state index in [1.165, 1.54) is 12.3 Å². The number of amides is 2. The summed E-state index contributed by atoms with van der Waals surface area (Å²) in [6.45, 7) is 8.01. The van der Waals surface area contributed by atoms with Gasteiger partial charge in [-0.3, -0.25) is 9.59 Å². The van der Waals surface area contributed by atoms with Crippen LogP contribution in [0.4, 0.5) is 0 Å². The van der Waals surface area contributed by atoms with E-state index in [1.807, 2.05) is 20.8 Å². The van der Waals surface area contributed by atoms with Gasteiger partial charge in [0.15, 0.2) is 6.10 Å². The molecule has 190 valence electrons. The van der Waals surface area contributed by atoms with E-state index in [4.69, 9.17) is 44.3 Å². The summed E-state index contributed by atoms with van der Waals surface area (Å²) in [5.74, 6) is 0.131. The summed E-state index contributed by atoms with van der Waals surface area (Å²) in [4.78, 5) is 25.6. The lowest BCUT2D eigenvalue weighted by Gasteiger charge is -2.22. The largest absolute Gasteiger partial charge is 0.493 e. The van der Waals surface area contributed by atoms with Crippen LogP contribution in [0.1, 0.15) is 46.1 Å². The number of nitrogens with zero attached hydrogens (tertiary/aromatic N) is 1. The molecule has 0 spiro atoms. The summed E-state index contributed by atoms with van der Waals surface area (Å²) in [5.41, 5.74) is 3.11. The molecule has 10 heteroatoms. The molecule has 0 saturated carbocycles. The Kier molecular flexibility index (Phi) is 11.6. The molecule has 0 saturated heterocycles. The second-order valence-electron chi connectivity index (χ2n) is 8.29. The van der Waals surface area contributed by atoms with Crippen molar-refractivity contribution in [3.63, 3.8) is 0 Å². The number of ether oxygens (including phenoxy) is 2. The Morgan fingerprint density at radius 1 is 1.00 bits per heavy atom. The van der Waals surface area contributed by atoms with E-state index in [1.54, 1.807) is 37.3 Å². The van der Waals surface area contributed by atoms with Crippen LogP contribution in [0, 0.1) is 5.92 Å². The molecule has 0 unspecified atom stereocenters. The quantitative estimate of drug-likeness (QED) is 0.259. The van der Waals surface area contributed by atoms with Gasteiger partial charge in [0.25, 0.3) is 11.8 Å².